The van der Waals surface area contributed by atoms with Crippen LogP contribution < -0.4 is 20.9 Å². The number of ether oxygens (including phenoxy) is 1. The van der Waals surface area contributed by atoms with E-state index >= 15 is 0 Å². The molecule has 5 nitrogen and oxygen atoms in total. The zero-order valence-corrected chi connectivity index (χ0v) is 13.0. The molecule has 2 amide bonds. The lowest BCUT2D eigenvalue weighted by atomic mass is 10.1. The largest absolute Gasteiger partial charge is 0.453 e. The van der Waals surface area contributed by atoms with Crippen molar-refractivity contribution in [2.75, 3.05) is 11.4 Å². The maximum Gasteiger partial charge on any atom is 0.336 e. The third-order valence-corrected chi connectivity index (χ3v) is 3.94. The van der Waals surface area contributed by atoms with Crippen LogP contribution in [0.25, 0.3) is 0 Å². The Morgan fingerprint density at radius 3 is 2.82 bits per heavy atom. The summed E-state index contributed by atoms with van der Waals surface area (Å²) in [5.41, 5.74) is 3.59. The lowest BCUT2D eigenvalue weighted by Gasteiger charge is -2.28. The zero-order valence-electron chi connectivity index (χ0n) is 11.5. The molecule has 114 valence electrons. The second-order valence-electron chi connectivity index (χ2n) is 4.80. The molecule has 2 aromatic carbocycles. The van der Waals surface area contributed by atoms with E-state index in [-0.39, 0.29) is 0 Å². The number of carbonyl (C=O) groups is 1. The Balaban J connectivity index is 2.17. The summed E-state index contributed by atoms with van der Waals surface area (Å²) in [5, 5.41) is 0.741. The Hall–Kier alpha value is -1.95. The highest BCUT2D eigenvalue weighted by Crippen LogP contribution is 2.43. The first-order valence-electron chi connectivity index (χ1n) is 6.63. The fourth-order valence-electron chi connectivity index (χ4n) is 2.41. The predicted molar refractivity (Wildman–Crippen MR) is 86.7 cm³/mol. The van der Waals surface area contributed by atoms with Crippen molar-refractivity contribution in [1.82, 2.24) is 5.43 Å². The fourth-order valence-corrected chi connectivity index (χ4v) is 2.93. The van der Waals surface area contributed by atoms with Gasteiger partial charge in [-0.25, -0.2) is 10.6 Å². The highest BCUT2D eigenvalue weighted by atomic mass is 35.5. The van der Waals surface area contributed by atoms with E-state index in [0.29, 0.717) is 40.2 Å². The van der Waals surface area contributed by atoms with Gasteiger partial charge in [-0.3, -0.25) is 10.3 Å². The van der Waals surface area contributed by atoms with Gasteiger partial charge in [0.15, 0.2) is 5.75 Å². The first-order chi connectivity index (χ1) is 10.6. The van der Waals surface area contributed by atoms with Crippen molar-refractivity contribution >= 4 is 34.9 Å². The number of nitrogens with zero attached hydrogens (tertiary/aromatic N) is 1. The first-order valence-corrected chi connectivity index (χ1v) is 7.38. The molecule has 0 saturated heterocycles. The molecule has 0 unspecified atom stereocenters. The van der Waals surface area contributed by atoms with Gasteiger partial charge in [-0.15, -0.1) is 0 Å². The Labute approximate surface area is 137 Å². The van der Waals surface area contributed by atoms with Gasteiger partial charge in [-0.05, 0) is 30.2 Å². The molecule has 1 aliphatic rings. The van der Waals surface area contributed by atoms with Crippen molar-refractivity contribution < 1.29 is 9.53 Å². The number of rotatable bonds is 0. The number of amides is 2. The maximum absolute atomic E-state index is 12.1. The normalized spacial score (nSPS) is 13.3. The minimum Gasteiger partial charge on any atom is -0.453 e. The molecule has 2 aromatic rings. The molecule has 22 heavy (non-hydrogen) atoms. The summed E-state index contributed by atoms with van der Waals surface area (Å²) in [7, 11) is 0. The number of urea groups is 1. The summed E-state index contributed by atoms with van der Waals surface area (Å²) in [6, 6.07) is 10.4. The summed E-state index contributed by atoms with van der Waals surface area (Å²) >= 11 is 12.3. The van der Waals surface area contributed by atoms with E-state index in [1.165, 1.54) is 4.90 Å². The van der Waals surface area contributed by atoms with Crippen LogP contribution in [0, 0.1) is 0 Å². The molecule has 0 spiro atoms. The highest BCUT2D eigenvalue weighted by molar-refractivity contribution is 6.36. The van der Waals surface area contributed by atoms with E-state index in [2.05, 4.69) is 5.43 Å². The van der Waals surface area contributed by atoms with Gasteiger partial charge in [0.2, 0.25) is 0 Å². The summed E-state index contributed by atoms with van der Waals surface area (Å²) in [5.74, 6) is 6.36. The van der Waals surface area contributed by atoms with Gasteiger partial charge in [-0.2, -0.15) is 0 Å². The van der Waals surface area contributed by atoms with Crippen molar-refractivity contribution in [3.63, 3.8) is 0 Å². The number of fused-ring (bicyclic) bond motifs is 2. The van der Waals surface area contributed by atoms with E-state index in [0.717, 1.165) is 5.56 Å². The molecule has 0 atom stereocenters. The van der Waals surface area contributed by atoms with Crippen molar-refractivity contribution in [3.05, 3.63) is 52.0 Å². The Morgan fingerprint density at radius 2 is 2.05 bits per heavy atom. The SMILES string of the molecule is NNC(=O)N1CCc2ccccc2Oc2c(Cl)cc(Cl)cc21. The van der Waals surface area contributed by atoms with Crippen LogP contribution in [0.1, 0.15) is 5.56 Å². The van der Waals surface area contributed by atoms with Crippen LogP contribution in [0.15, 0.2) is 36.4 Å². The van der Waals surface area contributed by atoms with Crippen LogP contribution in [-0.2, 0) is 6.42 Å². The fraction of sp³-hybridized carbons (Fsp3) is 0.133. The maximum atomic E-state index is 12.1. The highest BCUT2D eigenvalue weighted by Gasteiger charge is 2.25. The molecule has 0 bridgehead atoms. The number of anilines is 1. The van der Waals surface area contributed by atoms with Gasteiger partial charge in [-0.1, -0.05) is 41.4 Å². The average Bonchev–Trinajstić information content (AvgIpc) is 2.49. The third kappa shape index (κ3) is 2.70. The van der Waals surface area contributed by atoms with Crippen molar-refractivity contribution in [1.29, 1.82) is 0 Å². The van der Waals surface area contributed by atoms with Crippen LogP contribution in [0.4, 0.5) is 10.5 Å². The summed E-state index contributed by atoms with van der Waals surface area (Å²) in [4.78, 5) is 13.5. The van der Waals surface area contributed by atoms with Crippen LogP contribution in [0.2, 0.25) is 10.0 Å². The number of hydrogen-bond donors (Lipinski definition) is 2. The van der Waals surface area contributed by atoms with Crippen LogP contribution >= 0.6 is 23.2 Å². The average molecular weight is 338 g/mol. The summed E-state index contributed by atoms with van der Waals surface area (Å²) in [6.07, 6.45) is 0.618. The molecule has 0 fully saturated rings. The van der Waals surface area contributed by atoms with Gasteiger partial charge in [0, 0.05) is 11.6 Å². The van der Waals surface area contributed by atoms with Crippen LogP contribution in [0.5, 0.6) is 11.5 Å². The molecule has 3 rings (SSSR count). The minimum absolute atomic E-state index is 0.328. The minimum atomic E-state index is -0.456. The van der Waals surface area contributed by atoms with Crippen molar-refractivity contribution in [3.8, 4) is 11.5 Å². The Kier molecular flexibility index (Phi) is 4.11. The number of hydrazine groups is 1. The van der Waals surface area contributed by atoms with E-state index in [1.54, 1.807) is 12.1 Å². The van der Waals surface area contributed by atoms with E-state index in [1.807, 2.05) is 24.3 Å². The van der Waals surface area contributed by atoms with Gasteiger partial charge >= 0.3 is 6.03 Å². The lowest BCUT2D eigenvalue weighted by molar-refractivity contribution is 0.246. The van der Waals surface area contributed by atoms with E-state index in [4.69, 9.17) is 33.8 Å². The predicted octanol–water partition coefficient (Wildman–Crippen LogP) is 3.73. The number of nitrogens with two attached hydrogens (primary N) is 1. The standard InChI is InChI=1S/C15H13Cl2N3O2/c16-10-7-11(17)14-12(8-10)20(15(21)19-18)6-5-9-3-1-2-4-13(9)22-14/h1-4,7-8H,5-6,18H2,(H,19,21). The molecular formula is C15H13Cl2N3O2. The lowest BCUT2D eigenvalue weighted by Crippen LogP contribution is -2.45. The molecule has 1 heterocycles. The van der Waals surface area contributed by atoms with Crippen LogP contribution in [0.3, 0.4) is 0 Å². The number of halogens is 2. The number of hydrogen-bond acceptors (Lipinski definition) is 3. The topological polar surface area (TPSA) is 67.6 Å². The number of para-hydroxylation sites is 1. The zero-order chi connectivity index (χ0) is 15.7. The van der Waals surface area contributed by atoms with Crippen LogP contribution in [-0.4, -0.2) is 12.6 Å². The Morgan fingerprint density at radius 1 is 1.27 bits per heavy atom. The van der Waals surface area contributed by atoms with Gasteiger partial charge in [0.25, 0.3) is 0 Å². The quantitative estimate of drug-likeness (QED) is 0.437. The number of carbonyl (C=O) groups excluding carboxylic acids is 1. The van der Waals surface area contributed by atoms with Gasteiger partial charge < -0.3 is 4.74 Å². The van der Waals surface area contributed by atoms with Gasteiger partial charge in [0.1, 0.15) is 5.75 Å². The molecule has 1 aliphatic heterocycles. The molecule has 0 saturated carbocycles. The molecule has 0 radical (unpaired) electrons. The van der Waals surface area contributed by atoms with Gasteiger partial charge in [0.05, 0.1) is 10.7 Å². The molecule has 0 aromatic heterocycles. The summed E-state index contributed by atoms with van der Waals surface area (Å²) < 4.78 is 5.94. The third-order valence-electron chi connectivity index (χ3n) is 3.44. The van der Waals surface area contributed by atoms with Crippen molar-refractivity contribution in [2.45, 2.75) is 6.42 Å². The molecule has 0 aliphatic carbocycles. The Bertz CT molecular complexity index is 737. The van der Waals surface area contributed by atoms with Crippen molar-refractivity contribution in [2.24, 2.45) is 5.84 Å². The number of benzene rings is 2. The second kappa shape index (κ2) is 6.04. The monoisotopic (exact) mass is 337 g/mol. The molecular weight excluding hydrogens is 325 g/mol. The second-order valence-corrected chi connectivity index (χ2v) is 5.64. The summed E-state index contributed by atoms with van der Waals surface area (Å²) in [6.45, 7) is 0.424. The molecule has 7 heteroatoms. The smallest absolute Gasteiger partial charge is 0.336 e. The number of nitrogens with one attached hydrogen (secondary N) is 1. The van der Waals surface area contributed by atoms with E-state index in [9.17, 15) is 4.79 Å². The molecule has 3 N–H and O–H groups in total. The van der Waals surface area contributed by atoms with E-state index < -0.39 is 6.03 Å². The first kappa shape index (κ1) is 15.0.